The zero-order valence-corrected chi connectivity index (χ0v) is 11.8. The zero-order valence-electron chi connectivity index (χ0n) is 11.8. The minimum absolute atomic E-state index is 0.0445. The van der Waals surface area contributed by atoms with E-state index < -0.39 is 6.09 Å². The van der Waals surface area contributed by atoms with E-state index in [2.05, 4.69) is 26.1 Å². The average molecular weight is 257 g/mol. The van der Waals surface area contributed by atoms with Crippen LogP contribution in [0.3, 0.4) is 0 Å². The third kappa shape index (κ3) is 4.82. The van der Waals surface area contributed by atoms with Gasteiger partial charge in [0, 0.05) is 19.1 Å². The van der Waals surface area contributed by atoms with Gasteiger partial charge in [-0.2, -0.15) is 0 Å². The molecule has 106 valence electrons. The number of carbonyl (C=O) groups is 1. The fourth-order valence-corrected chi connectivity index (χ4v) is 3.34. The summed E-state index contributed by atoms with van der Waals surface area (Å²) in [6.07, 6.45) is 2.65. The van der Waals surface area contributed by atoms with Crippen LogP contribution in [0, 0.1) is 10.8 Å². The maximum absolute atomic E-state index is 11.4. The number of nitrogens with one attached hydrogen (secondary N) is 1. The topological polar surface area (TPSA) is 90.4 Å². The van der Waals surface area contributed by atoms with Crippen molar-refractivity contribution in [3.63, 3.8) is 0 Å². The van der Waals surface area contributed by atoms with Crippen LogP contribution in [0.5, 0.6) is 0 Å². The minimum Gasteiger partial charge on any atom is -0.448 e. The summed E-state index contributed by atoms with van der Waals surface area (Å²) < 4.78 is 4.90. The second-order valence-electron chi connectivity index (χ2n) is 6.60. The fourth-order valence-electron chi connectivity index (χ4n) is 3.34. The van der Waals surface area contributed by atoms with Gasteiger partial charge in [-0.15, -0.1) is 0 Å². The number of carbonyl (C=O) groups excluding carboxylic acids is 1. The Bertz CT molecular complexity index is 294. The highest BCUT2D eigenvalue weighted by atomic mass is 16.5. The lowest BCUT2D eigenvalue weighted by molar-refractivity contribution is 0.0782. The smallest absolute Gasteiger partial charge is 0.407 e. The van der Waals surface area contributed by atoms with Crippen molar-refractivity contribution in [3.8, 4) is 0 Å². The van der Waals surface area contributed by atoms with Crippen molar-refractivity contribution >= 4 is 6.09 Å². The van der Waals surface area contributed by atoms with Crippen LogP contribution in [0.1, 0.15) is 40.0 Å². The third-order valence-corrected chi connectivity index (χ3v) is 3.49. The van der Waals surface area contributed by atoms with Crippen molar-refractivity contribution in [3.05, 3.63) is 0 Å². The molecule has 2 atom stereocenters. The molecule has 1 saturated carbocycles. The Hall–Kier alpha value is -0.810. The molecule has 0 heterocycles. The van der Waals surface area contributed by atoms with Gasteiger partial charge < -0.3 is 21.5 Å². The Kier molecular flexibility index (Phi) is 4.99. The van der Waals surface area contributed by atoms with Gasteiger partial charge in [-0.1, -0.05) is 20.8 Å². The second-order valence-corrected chi connectivity index (χ2v) is 6.60. The highest BCUT2D eigenvalue weighted by Gasteiger charge is 2.40. The van der Waals surface area contributed by atoms with Gasteiger partial charge in [0.05, 0.1) is 0 Å². The largest absolute Gasteiger partial charge is 0.448 e. The molecular formula is C13H27N3O2. The van der Waals surface area contributed by atoms with E-state index in [1.165, 1.54) is 0 Å². The summed E-state index contributed by atoms with van der Waals surface area (Å²) in [4.78, 5) is 11.4. The van der Waals surface area contributed by atoms with Crippen molar-refractivity contribution < 1.29 is 9.53 Å². The van der Waals surface area contributed by atoms with E-state index in [0.717, 1.165) is 19.3 Å². The first-order valence-corrected chi connectivity index (χ1v) is 6.63. The molecule has 2 unspecified atom stereocenters. The number of ether oxygens (including phenoxy) is 1. The third-order valence-electron chi connectivity index (χ3n) is 3.49. The van der Waals surface area contributed by atoms with Crippen LogP contribution >= 0.6 is 0 Å². The number of nitrogens with two attached hydrogens (primary N) is 2. The van der Waals surface area contributed by atoms with Crippen molar-refractivity contribution in [2.75, 3.05) is 19.7 Å². The molecule has 0 aliphatic heterocycles. The fraction of sp³-hybridized carbons (Fsp3) is 0.923. The highest BCUT2D eigenvalue weighted by Crippen LogP contribution is 2.45. The number of amides is 1. The Labute approximate surface area is 110 Å². The van der Waals surface area contributed by atoms with E-state index in [9.17, 15) is 4.79 Å². The lowest BCUT2D eigenvalue weighted by Crippen LogP contribution is -2.47. The molecule has 0 saturated heterocycles. The Morgan fingerprint density at radius 2 is 2.06 bits per heavy atom. The summed E-state index contributed by atoms with van der Waals surface area (Å²) in [7, 11) is 0. The van der Waals surface area contributed by atoms with E-state index >= 15 is 0 Å². The van der Waals surface area contributed by atoms with Crippen LogP contribution in [0.2, 0.25) is 0 Å². The molecule has 0 aromatic rings. The molecule has 1 rings (SSSR count). The second kappa shape index (κ2) is 5.89. The Morgan fingerprint density at radius 1 is 1.39 bits per heavy atom. The van der Waals surface area contributed by atoms with Crippen molar-refractivity contribution in [1.29, 1.82) is 0 Å². The van der Waals surface area contributed by atoms with Gasteiger partial charge in [0.1, 0.15) is 6.61 Å². The summed E-state index contributed by atoms with van der Waals surface area (Å²) in [5.41, 5.74) is 11.7. The molecule has 0 spiro atoms. The lowest BCUT2D eigenvalue weighted by atomic mass is 9.63. The van der Waals surface area contributed by atoms with Gasteiger partial charge in [-0.3, -0.25) is 0 Å². The van der Waals surface area contributed by atoms with Crippen molar-refractivity contribution in [2.24, 2.45) is 22.3 Å². The van der Waals surface area contributed by atoms with Crippen molar-refractivity contribution in [2.45, 2.75) is 46.1 Å². The van der Waals surface area contributed by atoms with Crippen LogP contribution in [0.4, 0.5) is 4.79 Å². The van der Waals surface area contributed by atoms with Crippen LogP contribution < -0.4 is 16.8 Å². The standard InChI is InChI=1S/C13H27N3O2/c1-12(2)6-10(15)7-13(3,8-12)9-16-11(17)18-5-4-14/h10H,4-9,14-15H2,1-3H3,(H,16,17). The zero-order chi connectivity index (χ0) is 13.8. The number of rotatable bonds is 4. The molecule has 0 aromatic heterocycles. The van der Waals surface area contributed by atoms with Gasteiger partial charge >= 0.3 is 6.09 Å². The molecular weight excluding hydrogens is 230 g/mol. The van der Waals surface area contributed by atoms with Crippen molar-refractivity contribution in [1.82, 2.24) is 5.32 Å². The maximum atomic E-state index is 11.4. The first-order valence-electron chi connectivity index (χ1n) is 6.63. The first kappa shape index (κ1) is 15.2. The molecule has 0 radical (unpaired) electrons. The van der Waals surface area contributed by atoms with Crippen LogP contribution in [-0.4, -0.2) is 31.8 Å². The summed E-state index contributed by atoms with van der Waals surface area (Å²) in [5.74, 6) is 0. The van der Waals surface area contributed by atoms with Crippen LogP contribution in [-0.2, 0) is 4.74 Å². The molecule has 5 N–H and O–H groups in total. The molecule has 0 aromatic carbocycles. The van der Waals surface area contributed by atoms with E-state index in [4.69, 9.17) is 16.2 Å². The van der Waals surface area contributed by atoms with E-state index in [0.29, 0.717) is 13.1 Å². The van der Waals surface area contributed by atoms with E-state index in [1.54, 1.807) is 0 Å². The molecule has 1 aliphatic carbocycles. The van der Waals surface area contributed by atoms with Gasteiger partial charge in [-0.25, -0.2) is 4.79 Å². The average Bonchev–Trinajstić information content (AvgIpc) is 2.20. The SMILES string of the molecule is CC1(C)CC(N)CC(C)(CNC(=O)OCCN)C1. The monoisotopic (exact) mass is 257 g/mol. The van der Waals surface area contributed by atoms with Crippen LogP contribution in [0.15, 0.2) is 0 Å². The lowest BCUT2D eigenvalue weighted by Gasteiger charge is -2.45. The molecule has 5 nitrogen and oxygen atoms in total. The van der Waals surface area contributed by atoms with E-state index in [1.807, 2.05) is 0 Å². The van der Waals surface area contributed by atoms with E-state index in [-0.39, 0.29) is 23.5 Å². The van der Waals surface area contributed by atoms with Gasteiger partial charge in [0.25, 0.3) is 0 Å². The quantitative estimate of drug-likeness (QED) is 0.706. The summed E-state index contributed by atoms with van der Waals surface area (Å²) in [6.45, 7) is 7.86. The minimum atomic E-state index is -0.390. The Balaban J connectivity index is 2.46. The molecule has 1 amide bonds. The van der Waals surface area contributed by atoms with Gasteiger partial charge in [0.15, 0.2) is 0 Å². The predicted octanol–water partition coefficient (Wildman–Crippen LogP) is 1.22. The predicted molar refractivity (Wildman–Crippen MR) is 72.1 cm³/mol. The normalized spacial score (nSPS) is 30.8. The molecule has 1 aliphatic rings. The first-order chi connectivity index (χ1) is 8.26. The number of hydrogen-bond donors (Lipinski definition) is 3. The highest BCUT2D eigenvalue weighted by molar-refractivity contribution is 5.67. The molecule has 5 heteroatoms. The van der Waals surface area contributed by atoms with Crippen LogP contribution in [0.25, 0.3) is 0 Å². The number of alkyl carbamates (subject to hydrolysis) is 1. The Morgan fingerprint density at radius 3 is 2.61 bits per heavy atom. The number of hydrogen-bond acceptors (Lipinski definition) is 4. The van der Waals surface area contributed by atoms with Gasteiger partial charge in [0.2, 0.25) is 0 Å². The maximum Gasteiger partial charge on any atom is 0.407 e. The van der Waals surface area contributed by atoms with Gasteiger partial charge in [-0.05, 0) is 30.1 Å². The molecule has 18 heavy (non-hydrogen) atoms. The molecule has 0 bridgehead atoms. The molecule has 1 fully saturated rings. The summed E-state index contributed by atoms with van der Waals surface area (Å²) >= 11 is 0. The summed E-state index contributed by atoms with van der Waals surface area (Å²) in [6, 6.07) is 0.209. The summed E-state index contributed by atoms with van der Waals surface area (Å²) in [5, 5.41) is 2.81.